The number of pyridine rings is 1. The van der Waals surface area contributed by atoms with Gasteiger partial charge < -0.3 is 19.4 Å². The van der Waals surface area contributed by atoms with Crippen molar-refractivity contribution in [3.8, 4) is 16.9 Å². The molecule has 2 aromatic heterocycles. The number of allylic oxidation sites excluding steroid dienone is 3. The Kier molecular flexibility index (Phi) is 8.44. The van der Waals surface area contributed by atoms with E-state index in [1.54, 1.807) is 26.1 Å². The van der Waals surface area contributed by atoms with E-state index in [4.69, 9.17) is 14.5 Å². The molecule has 3 atom stereocenters. The monoisotopic (exact) mass is 557 g/mol. The molecule has 3 aromatic rings. The van der Waals surface area contributed by atoms with E-state index in [1.165, 1.54) is 0 Å². The summed E-state index contributed by atoms with van der Waals surface area (Å²) in [5.74, 6) is -0.105. The van der Waals surface area contributed by atoms with Crippen molar-refractivity contribution in [3.05, 3.63) is 66.1 Å². The number of alkyl carbamates (subject to hydrolysis) is 1. The average Bonchev–Trinajstić information content (AvgIpc) is 3.40. The largest absolute Gasteiger partial charge is 0.496 e. The number of aromatic amines is 1. The molecule has 2 aliphatic rings. The molecule has 1 aromatic carbocycles. The number of rotatable bonds is 7. The number of methoxy groups -OCH3 is 1. The number of ether oxygens (including phenoxy) is 2. The first kappa shape index (κ1) is 28.4. The number of benzene rings is 1. The second-order valence-electron chi connectivity index (χ2n) is 11.0. The number of nitrogens with one attached hydrogen (secondary N) is 2. The third kappa shape index (κ3) is 5.86. The number of para-hydroxylation sites is 1. The van der Waals surface area contributed by atoms with Crippen LogP contribution in [0.2, 0.25) is 0 Å². The Bertz CT molecular complexity index is 1490. The molecular weight excluding hydrogens is 518 g/mol. The molecule has 3 unspecified atom stereocenters. The molecule has 1 saturated heterocycles. The van der Waals surface area contributed by atoms with Gasteiger partial charge in [0.15, 0.2) is 0 Å². The average molecular weight is 558 g/mol. The van der Waals surface area contributed by atoms with Crippen molar-refractivity contribution in [2.45, 2.75) is 32.8 Å². The Morgan fingerprint density at radius 3 is 2.76 bits per heavy atom. The molecule has 0 saturated carbocycles. The number of carbonyl (C=O) groups is 2. The van der Waals surface area contributed by atoms with Gasteiger partial charge in [-0.1, -0.05) is 38.1 Å². The summed E-state index contributed by atoms with van der Waals surface area (Å²) in [6, 6.07) is 9.99. The molecule has 2 N–H and O–H groups in total. The van der Waals surface area contributed by atoms with Crippen LogP contribution >= 0.6 is 0 Å². The van der Waals surface area contributed by atoms with Crippen molar-refractivity contribution in [3.63, 3.8) is 0 Å². The van der Waals surface area contributed by atoms with Crippen LogP contribution in [0.4, 0.5) is 4.79 Å². The second kappa shape index (κ2) is 12.2. The standard InChI is InChI=1S/C32H39N5O4/c1-6-37-15-9-10-22(19-37)41-32(39)35-27-14-13-23(20(2)29(27)31(38)36(3)4)21-16-25-26(18-34-30(25)33-17-21)24-11-7-8-12-28(24)40-5/h7-8,11-14,16-18,20,22,29H,6,9-10,15,19H2,1-5H3,(H,33,34)(H,35,39). The Labute approximate surface area is 241 Å². The maximum Gasteiger partial charge on any atom is 0.411 e. The summed E-state index contributed by atoms with van der Waals surface area (Å²) < 4.78 is 11.4. The molecule has 1 aliphatic carbocycles. The molecule has 9 heteroatoms. The summed E-state index contributed by atoms with van der Waals surface area (Å²) in [4.78, 5) is 38.2. The van der Waals surface area contributed by atoms with Crippen LogP contribution in [0.3, 0.4) is 0 Å². The first-order valence-electron chi connectivity index (χ1n) is 14.2. The van der Waals surface area contributed by atoms with E-state index >= 15 is 0 Å². The lowest BCUT2D eigenvalue weighted by molar-refractivity contribution is -0.132. The van der Waals surface area contributed by atoms with Crippen molar-refractivity contribution < 1.29 is 19.1 Å². The summed E-state index contributed by atoms with van der Waals surface area (Å²) in [5, 5.41) is 3.87. The lowest BCUT2D eigenvalue weighted by Crippen LogP contribution is -2.44. The van der Waals surface area contributed by atoms with E-state index in [0.29, 0.717) is 5.70 Å². The molecule has 9 nitrogen and oxygen atoms in total. The maximum atomic E-state index is 13.5. The predicted octanol–water partition coefficient (Wildman–Crippen LogP) is 5.07. The smallest absolute Gasteiger partial charge is 0.411 e. The summed E-state index contributed by atoms with van der Waals surface area (Å²) in [6.07, 6.45) is 8.73. The minimum absolute atomic E-state index is 0.0881. The molecule has 0 spiro atoms. The number of piperidine rings is 1. The molecule has 216 valence electrons. The van der Waals surface area contributed by atoms with Gasteiger partial charge in [0.1, 0.15) is 17.5 Å². The van der Waals surface area contributed by atoms with Gasteiger partial charge in [0, 0.05) is 55.2 Å². The SMILES string of the molecule is CCN1CCCC(OC(=O)NC2=CC=C(c3cnc4[nH]cc(-c5ccccc5OC)c4c3)C(C)C2C(=O)N(C)C)C1. The first-order valence-corrected chi connectivity index (χ1v) is 14.2. The highest BCUT2D eigenvalue weighted by Crippen LogP contribution is 2.40. The Morgan fingerprint density at radius 1 is 1.20 bits per heavy atom. The lowest BCUT2D eigenvalue weighted by Gasteiger charge is -2.34. The van der Waals surface area contributed by atoms with Crippen molar-refractivity contribution in [2.75, 3.05) is 40.8 Å². The van der Waals surface area contributed by atoms with Gasteiger partial charge in [0.05, 0.1) is 13.0 Å². The van der Waals surface area contributed by atoms with Gasteiger partial charge >= 0.3 is 6.09 Å². The van der Waals surface area contributed by atoms with E-state index in [1.807, 2.05) is 55.7 Å². The van der Waals surface area contributed by atoms with Crippen molar-refractivity contribution in [2.24, 2.45) is 11.8 Å². The minimum Gasteiger partial charge on any atom is -0.496 e. The number of hydrogen-bond acceptors (Lipinski definition) is 6. The fraction of sp³-hybridized carbons (Fsp3) is 0.406. The topological polar surface area (TPSA) is 99.8 Å². The van der Waals surface area contributed by atoms with Crippen LogP contribution in [-0.4, -0.2) is 78.7 Å². The van der Waals surface area contributed by atoms with Crippen LogP contribution in [0.15, 0.2) is 60.6 Å². The van der Waals surface area contributed by atoms with E-state index in [0.717, 1.165) is 71.5 Å². The zero-order valence-corrected chi connectivity index (χ0v) is 24.4. The molecule has 1 fully saturated rings. The van der Waals surface area contributed by atoms with Crippen LogP contribution in [0.5, 0.6) is 5.75 Å². The third-order valence-electron chi connectivity index (χ3n) is 8.17. The zero-order chi connectivity index (χ0) is 29.1. The second-order valence-corrected chi connectivity index (χ2v) is 11.0. The van der Waals surface area contributed by atoms with Crippen molar-refractivity contribution in [1.29, 1.82) is 0 Å². The highest BCUT2D eigenvalue weighted by molar-refractivity contribution is 5.97. The maximum absolute atomic E-state index is 13.5. The van der Waals surface area contributed by atoms with E-state index in [-0.39, 0.29) is 17.9 Å². The number of likely N-dealkylation sites (N-methyl/N-ethyl adjacent to an activating group) is 1. The third-order valence-corrected chi connectivity index (χ3v) is 8.17. The molecule has 1 aliphatic heterocycles. The van der Waals surface area contributed by atoms with Crippen molar-refractivity contribution in [1.82, 2.24) is 25.1 Å². The molecule has 0 bridgehead atoms. The highest BCUT2D eigenvalue weighted by atomic mass is 16.6. The summed E-state index contributed by atoms with van der Waals surface area (Å²) in [5.41, 5.74) is 5.15. The fourth-order valence-corrected chi connectivity index (χ4v) is 5.93. The number of nitrogens with zero attached hydrogens (tertiary/aromatic N) is 3. The Hall–Kier alpha value is -4.11. The van der Waals surface area contributed by atoms with E-state index in [2.05, 4.69) is 28.2 Å². The van der Waals surface area contributed by atoms with Gasteiger partial charge in [-0.15, -0.1) is 0 Å². The Morgan fingerprint density at radius 2 is 2.00 bits per heavy atom. The fourth-order valence-electron chi connectivity index (χ4n) is 5.93. The van der Waals surface area contributed by atoms with Crippen LogP contribution in [0.25, 0.3) is 27.7 Å². The van der Waals surface area contributed by atoms with Gasteiger partial charge in [-0.25, -0.2) is 9.78 Å². The van der Waals surface area contributed by atoms with E-state index < -0.39 is 12.0 Å². The molecule has 3 heterocycles. The molecule has 2 amide bonds. The van der Waals surface area contributed by atoms with Gasteiger partial charge in [0.2, 0.25) is 5.91 Å². The number of carbonyl (C=O) groups excluding carboxylic acids is 2. The van der Waals surface area contributed by atoms with Gasteiger partial charge in [0.25, 0.3) is 0 Å². The van der Waals surface area contributed by atoms with Gasteiger partial charge in [-0.2, -0.15) is 0 Å². The first-order chi connectivity index (χ1) is 19.8. The Balaban J connectivity index is 1.45. The normalized spacial score (nSPS) is 21.1. The van der Waals surface area contributed by atoms with Crippen LogP contribution in [-0.2, 0) is 9.53 Å². The zero-order valence-electron chi connectivity index (χ0n) is 24.4. The molecular formula is C32H39N5O4. The number of amides is 2. The number of likely N-dealkylation sites (tertiary alicyclic amines) is 1. The lowest BCUT2D eigenvalue weighted by atomic mass is 9.78. The number of H-pyrrole nitrogens is 1. The van der Waals surface area contributed by atoms with Crippen LogP contribution in [0, 0.1) is 11.8 Å². The van der Waals surface area contributed by atoms with Crippen LogP contribution < -0.4 is 10.1 Å². The molecule has 0 radical (unpaired) electrons. The predicted molar refractivity (Wildman–Crippen MR) is 160 cm³/mol. The van der Waals surface area contributed by atoms with Gasteiger partial charge in [-0.05, 0) is 61.2 Å². The summed E-state index contributed by atoms with van der Waals surface area (Å²) in [7, 11) is 5.13. The highest BCUT2D eigenvalue weighted by Gasteiger charge is 2.36. The quantitative estimate of drug-likeness (QED) is 0.421. The van der Waals surface area contributed by atoms with Gasteiger partial charge in [-0.3, -0.25) is 15.0 Å². The number of fused-ring (bicyclic) bond motifs is 1. The van der Waals surface area contributed by atoms with Crippen molar-refractivity contribution >= 4 is 28.6 Å². The minimum atomic E-state index is -0.577. The summed E-state index contributed by atoms with van der Waals surface area (Å²) in [6.45, 7) is 6.81. The molecule has 5 rings (SSSR count). The number of aromatic nitrogens is 2. The molecule has 41 heavy (non-hydrogen) atoms. The van der Waals surface area contributed by atoms with E-state index in [9.17, 15) is 9.59 Å². The summed E-state index contributed by atoms with van der Waals surface area (Å²) >= 11 is 0. The number of hydrogen-bond donors (Lipinski definition) is 2. The van der Waals surface area contributed by atoms with Crippen LogP contribution in [0.1, 0.15) is 32.3 Å².